The van der Waals surface area contributed by atoms with Crippen molar-refractivity contribution in [3.05, 3.63) is 106 Å². The Labute approximate surface area is 266 Å². The molecule has 4 aliphatic rings. The minimum Gasteiger partial charge on any atom is -0.366 e. The largest absolute Gasteiger partial charge is 0.366 e. The van der Waals surface area contributed by atoms with Crippen LogP contribution in [0.3, 0.4) is 0 Å². The molecule has 8 rings (SSSR count). The first-order valence-corrected chi connectivity index (χ1v) is 15.8. The van der Waals surface area contributed by atoms with Crippen molar-refractivity contribution < 1.29 is 18.8 Å². The number of piperidine rings is 1. The Balaban J connectivity index is 0.976. The highest BCUT2D eigenvalue weighted by molar-refractivity contribution is 6.27. The van der Waals surface area contributed by atoms with Crippen LogP contribution in [-0.2, 0) is 22.6 Å². The van der Waals surface area contributed by atoms with E-state index in [4.69, 9.17) is 5.26 Å². The third-order valence-corrected chi connectivity index (χ3v) is 10.2. The summed E-state index contributed by atoms with van der Waals surface area (Å²) < 4.78 is 14.7. The summed E-state index contributed by atoms with van der Waals surface area (Å²) in [5.41, 5.74) is 5.79. The van der Waals surface area contributed by atoms with Crippen molar-refractivity contribution in [2.45, 2.75) is 50.2 Å². The van der Waals surface area contributed by atoms with Crippen LogP contribution in [0, 0.1) is 17.1 Å². The molecule has 1 saturated carbocycles. The van der Waals surface area contributed by atoms with Gasteiger partial charge in [-0.05, 0) is 78.1 Å². The van der Waals surface area contributed by atoms with E-state index in [0.29, 0.717) is 29.7 Å². The summed E-state index contributed by atoms with van der Waals surface area (Å²) in [7, 11) is 0. The van der Waals surface area contributed by atoms with Gasteiger partial charge in [0.05, 0.1) is 23.0 Å². The quantitative estimate of drug-likeness (QED) is 0.306. The Morgan fingerprint density at radius 1 is 0.935 bits per heavy atom. The molecule has 2 saturated heterocycles. The molecule has 46 heavy (non-hydrogen) atoms. The Kier molecular flexibility index (Phi) is 6.66. The molecule has 1 spiro atoms. The van der Waals surface area contributed by atoms with Gasteiger partial charge >= 0.3 is 0 Å². The average molecular weight is 614 g/mol. The molecule has 3 aliphatic heterocycles. The van der Waals surface area contributed by atoms with E-state index >= 15 is 0 Å². The Morgan fingerprint density at radius 2 is 1.72 bits per heavy atom. The van der Waals surface area contributed by atoms with Gasteiger partial charge < -0.3 is 4.90 Å². The maximum absolute atomic E-state index is 14.7. The Hall–Kier alpha value is -5.07. The Morgan fingerprint density at radius 3 is 2.46 bits per heavy atom. The molecule has 3 heterocycles. The minimum absolute atomic E-state index is 0.0566. The number of hydrogen-bond acceptors (Lipinski definition) is 6. The molecule has 0 bridgehead atoms. The van der Waals surface area contributed by atoms with Crippen molar-refractivity contribution in [3.8, 4) is 6.07 Å². The highest BCUT2D eigenvalue weighted by Gasteiger charge is 2.51. The predicted octanol–water partition coefficient (Wildman–Crippen LogP) is 5.06. The van der Waals surface area contributed by atoms with Gasteiger partial charge in [0.1, 0.15) is 11.9 Å². The number of amides is 3. The molecular formula is C37H32FN5O3. The predicted molar refractivity (Wildman–Crippen MR) is 172 cm³/mol. The van der Waals surface area contributed by atoms with E-state index in [0.717, 1.165) is 66.6 Å². The van der Waals surface area contributed by atoms with Crippen molar-refractivity contribution in [1.82, 2.24) is 10.2 Å². The topological polar surface area (TPSA) is 96.8 Å². The third-order valence-electron chi connectivity index (χ3n) is 10.2. The number of benzene rings is 4. The van der Waals surface area contributed by atoms with E-state index in [1.807, 2.05) is 36.4 Å². The summed E-state index contributed by atoms with van der Waals surface area (Å²) in [6.45, 7) is 3.19. The van der Waals surface area contributed by atoms with Crippen molar-refractivity contribution in [2.24, 2.45) is 0 Å². The summed E-state index contributed by atoms with van der Waals surface area (Å²) in [5, 5.41) is 13.3. The molecule has 3 fully saturated rings. The first-order valence-electron chi connectivity index (χ1n) is 15.8. The molecule has 1 aliphatic carbocycles. The van der Waals surface area contributed by atoms with Crippen LogP contribution in [0.15, 0.2) is 72.8 Å². The maximum Gasteiger partial charge on any atom is 0.259 e. The molecule has 4 aromatic rings. The number of carbonyl (C=O) groups is 3. The number of carbonyl (C=O) groups excluding carboxylic acids is 3. The van der Waals surface area contributed by atoms with Gasteiger partial charge in [-0.15, -0.1) is 0 Å². The zero-order valence-electron chi connectivity index (χ0n) is 25.3. The van der Waals surface area contributed by atoms with Crippen LogP contribution in [0.25, 0.3) is 10.8 Å². The van der Waals surface area contributed by atoms with Crippen molar-refractivity contribution in [2.75, 3.05) is 29.4 Å². The molecule has 0 aromatic heterocycles. The highest BCUT2D eigenvalue weighted by atomic mass is 19.1. The summed E-state index contributed by atoms with van der Waals surface area (Å²) in [6.07, 6.45) is 3.41. The van der Waals surface area contributed by atoms with Gasteiger partial charge in [-0.2, -0.15) is 5.26 Å². The summed E-state index contributed by atoms with van der Waals surface area (Å²) in [4.78, 5) is 44.1. The standard InChI is InChI=1S/C37H32FN5O3/c38-29-19-25(20-39)8-10-30(29)41-16-17-42(37(22-41)14-15-37)21-24-6-4-23(5-7-24)18-26-9-11-31-34-27(26)2-1-3-28(34)36(46)43(31)32-12-13-33(44)40-35(32)45/h1-11,19,32H,12-18,21-22H2,(H,40,44,45). The van der Waals surface area contributed by atoms with Crippen molar-refractivity contribution >= 4 is 39.9 Å². The number of hydrogen-bond donors (Lipinski definition) is 1. The smallest absolute Gasteiger partial charge is 0.259 e. The number of rotatable bonds is 6. The summed E-state index contributed by atoms with van der Waals surface area (Å²) in [5.74, 6) is -1.27. The zero-order chi connectivity index (χ0) is 31.6. The third kappa shape index (κ3) is 4.72. The average Bonchev–Trinajstić information content (AvgIpc) is 3.77. The normalized spacial score (nSPS) is 20.3. The first-order chi connectivity index (χ1) is 22.3. The van der Waals surface area contributed by atoms with Crippen LogP contribution in [-0.4, -0.2) is 53.8 Å². The van der Waals surface area contributed by atoms with Crippen LogP contribution < -0.4 is 15.1 Å². The van der Waals surface area contributed by atoms with Crippen LogP contribution >= 0.6 is 0 Å². The number of nitrogens with zero attached hydrogens (tertiary/aromatic N) is 4. The molecule has 9 heteroatoms. The van der Waals surface area contributed by atoms with E-state index in [2.05, 4.69) is 39.4 Å². The van der Waals surface area contributed by atoms with Crippen LogP contribution in [0.1, 0.15) is 58.3 Å². The van der Waals surface area contributed by atoms with Gasteiger partial charge in [0, 0.05) is 49.1 Å². The molecular weight excluding hydrogens is 581 g/mol. The Bertz CT molecular complexity index is 1980. The second-order valence-electron chi connectivity index (χ2n) is 13.0. The molecule has 8 nitrogen and oxygen atoms in total. The van der Waals surface area contributed by atoms with Gasteiger partial charge in [0.15, 0.2) is 0 Å². The lowest BCUT2D eigenvalue weighted by Crippen LogP contribution is -2.54. The van der Waals surface area contributed by atoms with Crippen LogP contribution in [0.4, 0.5) is 15.8 Å². The van der Waals surface area contributed by atoms with Crippen molar-refractivity contribution in [3.63, 3.8) is 0 Å². The number of nitriles is 1. The van der Waals surface area contributed by atoms with Gasteiger partial charge in [-0.1, -0.05) is 42.5 Å². The fourth-order valence-electron chi connectivity index (χ4n) is 7.58. The van der Waals surface area contributed by atoms with Crippen molar-refractivity contribution in [1.29, 1.82) is 5.26 Å². The summed E-state index contributed by atoms with van der Waals surface area (Å²) >= 11 is 0. The number of anilines is 2. The lowest BCUT2D eigenvalue weighted by atomic mass is 9.95. The SMILES string of the molecule is N#Cc1ccc(N2CCN(Cc3ccc(Cc4ccc5c6c(cccc46)C(=O)N5C4CCC(=O)NC4=O)cc3)C3(CC3)C2)c(F)c1. The molecule has 0 radical (unpaired) electrons. The lowest BCUT2D eigenvalue weighted by molar-refractivity contribution is -0.134. The molecule has 1 atom stereocenters. The molecule has 3 amide bonds. The fraction of sp³-hybridized carbons (Fsp3) is 0.297. The first kappa shape index (κ1) is 28.4. The van der Waals surface area contributed by atoms with E-state index in [1.54, 1.807) is 17.0 Å². The maximum atomic E-state index is 14.7. The molecule has 1 N–H and O–H groups in total. The summed E-state index contributed by atoms with van der Waals surface area (Å²) in [6, 6.07) is 24.5. The number of imide groups is 1. The number of piperazine rings is 1. The minimum atomic E-state index is -0.700. The van der Waals surface area contributed by atoms with E-state index in [-0.39, 0.29) is 29.6 Å². The monoisotopic (exact) mass is 613 g/mol. The van der Waals surface area contributed by atoms with Crippen LogP contribution in [0.2, 0.25) is 0 Å². The van der Waals surface area contributed by atoms with Crippen LogP contribution in [0.5, 0.6) is 0 Å². The number of halogens is 1. The zero-order valence-corrected chi connectivity index (χ0v) is 25.3. The molecule has 4 aromatic carbocycles. The van der Waals surface area contributed by atoms with Gasteiger partial charge in [-0.25, -0.2) is 4.39 Å². The van der Waals surface area contributed by atoms with Gasteiger partial charge in [0.25, 0.3) is 5.91 Å². The van der Waals surface area contributed by atoms with Gasteiger partial charge in [-0.3, -0.25) is 29.5 Å². The molecule has 1 unspecified atom stereocenters. The van der Waals surface area contributed by atoms with E-state index in [1.165, 1.54) is 11.6 Å². The molecule has 230 valence electrons. The number of nitrogens with one attached hydrogen (secondary N) is 1. The second-order valence-corrected chi connectivity index (χ2v) is 13.0. The second kappa shape index (κ2) is 10.8. The highest BCUT2D eigenvalue weighted by Crippen LogP contribution is 2.46. The fourth-order valence-corrected chi connectivity index (χ4v) is 7.58. The van der Waals surface area contributed by atoms with E-state index in [9.17, 15) is 18.8 Å². The lowest BCUT2D eigenvalue weighted by Gasteiger charge is -2.43. The van der Waals surface area contributed by atoms with E-state index < -0.39 is 11.9 Å². The van der Waals surface area contributed by atoms with Gasteiger partial charge in [0.2, 0.25) is 11.8 Å².